The van der Waals surface area contributed by atoms with Crippen molar-refractivity contribution < 1.29 is 19.1 Å². The second-order valence-corrected chi connectivity index (χ2v) is 7.56. The summed E-state index contributed by atoms with van der Waals surface area (Å²) in [5, 5.41) is 2.87. The van der Waals surface area contributed by atoms with Crippen molar-refractivity contribution >= 4 is 23.7 Å². The molecule has 2 amide bonds. The first-order chi connectivity index (χ1) is 12.9. The molecule has 2 heterocycles. The number of carbonyl (C=O) groups is 3. The Morgan fingerprint density at radius 3 is 2.67 bits per heavy atom. The summed E-state index contributed by atoms with van der Waals surface area (Å²) in [5.74, 6) is -0.336. The summed E-state index contributed by atoms with van der Waals surface area (Å²) in [6.07, 6.45) is 2.67. The lowest BCUT2D eigenvalue weighted by atomic mass is 10.0. The molecule has 144 valence electrons. The van der Waals surface area contributed by atoms with Crippen molar-refractivity contribution in [1.29, 1.82) is 0 Å². The van der Waals surface area contributed by atoms with Crippen LogP contribution in [0.2, 0.25) is 0 Å². The molecule has 6 nitrogen and oxygen atoms in total. The summed E-state index contributed by atoms with van der Waals surface area (Å²) >= 11 is 0. The number of benzene rings is 1. The SMILES string of the molecule is C=Cc1ccc(C(=O)N[C@@H](CC(C)C)C(=O)N2CCC3OCC(=O)C32)cc1. The number of rotatable bonds is 6. The number of hydrogen-bond acceptors (Lipinski definition) is 4. The molecule has 3 rings (SSSR count). The van der Waals surface area contributed by atoms with Crippen molar-refractivity contribution in [2.45, 2.75) is 44.9 Å². The van der Waals surface area contributed by atoms with Gasteiger partial charge in [-0.15, -0.1) is 0 Å². The molecule has 3 atom stereocenters. The predicted octanol–water partition coefficient (Wildman–Crippen LogP) is 2.04. The van der Waals surface area contributed by atoms with Crippen molar-refractivity contribution in [2.24, 2.45) is 5.92 Å². The molecule has 6 heteroatoms. The van der Waals surface area contributed by atoms with Crippen LogP contribution in [0.4, 0.5) is 0 Å². The van der Waals surface area contributed by atoms with Gasteiger partial charge in [0.05, 0.1) is 6.10 Å². The van der Waals surface area contributed by atoms with Gasteiger partial charge in [-0.3, -0.25) is 14.4 Å². The summed E-state index contributed by atoms with van der Waals surface area (Å²) in [7, 11) is 0. The van der Waals surface area contributed by atoms with Gasteiger partial charge in [-0.1, -0.05) is 38.6 Å². The van der Waals surface area contributed by atoms with Crippen LogP contribution in [-0.4, -0.2) is 53.8 Å². The Morgan fingerprint density at radius 2 is 2.04 bits per heavy atom. The Balaban J connectivity index is 1.74. The second kappa shape index (κ2) is 8.05. The van der Waals surface area contributed by atoms with Crippen molar-refractivity contribution in [3.63, 3.8) is 0 Å². The van der Waals surface area contributed by atoms with Crippen LogP contribution in [0.1, 0.15) is 42.6 Å². The van der Waals surface area contributed by atoms with E-state index >= 15 is 0 Å². The highest BCUT2D eigenvalue weighted by molar-refractivity contribution is 5.99. The summed E-state index contributed by atoms with van der Waals surface area (Å²) in [6.45, 7) is 8.25. The summed E-state index contributed by atoms with van der Waals surface area (Å²) in [6, 6.07) is 5.87. The number of nitrogens with zero attached hydrogens (tertiary/aromatic N) is 1. The third-order valence-corrected chi connectivity index (χ3v) is 5.11. The van der Waals surface area contributed by atoms with Crippen molar-refractivity contribution in [3.8, 4) is 0 Å². The molecule has 2 aliphatic rings. The molecule has 2 aliphatic heterocycles. The molecule has 27 heavy (non-hydrogen) atoms. The number of carbonyl (C=O) groups excluding carboxylic acids is 3. The minimum absolute atomic E-state index is 0.0551. The zero-order valence-electron chi connectivity index (χ0n) is 15.8. The first kappa shape index (κ1) is 19.3. The molecule has 1 aromatic carbocycles. The third-order valence-electron chi connectivity index (χ3n) is 5.11. The standard InChI is InChI=1S/C21H26N2O4/c1-4-14-5-7-15(8-6-14)20(25)22-16(11-13(2)3)21(26)23-10-9-18-19(23)17(24)12-27-18/h4-8,13,16,18-19H,1,9-12H2,2-3H3,(H,22,25)/t16-,18?,19?/m0/s1. The lowest BCUT2D eigenvalue weighted by Crippen LogP contribution is -2.52. The number of ether oxygens (including phenoxy) is 1. The van der Waals surface area contributed by atoms with E-state index in [4.69, 9.17) is 4.74 Å². The predicted molar refractivity (Wildman–Crippen MR) is 102 cm³/mol. The average Bonchev–Trinajstić information content (AvgIpc) is 3.23. The molecule has 0 bridgehead atoms. The smallest absolute Gasteiger partial charge is 0.251 e. The van der Waals surface area contributed by atoms with Crippen molar-refractivity contribution in [2.75, 3.05) is 13.2 Å². The zero-order valence-corrected chi connectivity index (χ0v) is 15.8. The van der Waals surface area contributed by atoms with E-state index in [0.29, 0.717) is 24.9 Å². The Labute approximate surface area is 159 Å². The fourth-order valence-electron chi connectivity index (χ4n) is 3.75. The van der Waals surface area contributed by atoms with Crippen molar-refractivity contribution in [3.05, 3.63) is 42.0 Å². The zero-order chi connectivity index (χ0) is 19.6. The van der Waals surface area contributed by atoms with E-state index in [0.717, 1.165) is 5.56 Å². The van der Waals surface area contributed by atoms with Crippen molar-refractivity contribution in [1.82, 2.24) is 10.2 Å². The van der Waals surface area contributed by atoms with Crippen LogP contribution in [0.3, 0.4) is 0 Å². The number of likely N-dealkylation sites (tertiary alicyclic amines) is 1. The Hall–Kier alpha value is -2.47. The lowest BCUT2D eigenvalue weighted by molar-refractivity contribution is -0.138. The maximum Gasteiger partial charge on any atom is 0.251 e. The molecule has 0 aromatic heterocycles. The first-order valence-corrected chi connectivity index (χ1v) is 9.39. The quantitative estimate of drug-likeness (QED) is 0.831. The molecule has 0 aliphatic carbocycles. The van der Waals surface area contributed by atoms with Gasteiger partial charge in [0, 0.05) is 12.1 Å². The number of ketones is 1. The second-order valence-electron chi connectivity index (χ2n) is 7.56. The largest absolute Gasteiger partial charge is 0.368 e. The molecule has 0 saturated carbocycles. The highest BCUT2D eigenvalue weighted by Gasteiger charge is 2.48. The van der Waals surface area contributed by atoms with E-state index in [-0.39, 0.29) is 36.2 Å². The van der Waals surface area contributed by atoms with E-state index in [9.17, 15) is 14.4 Å². The minimum atomic E-state index is -0.663. The van der Waals surface area contributed by atoms with Gasteiger partial charge in [-0.2, -0.15) is 0 Å². The van der Waals surface area contributed by atoms with Gasteiger partial charge in [0.2, 0.25) is 5.91 Å². The molecule has 0 spiro atoms. The fraction of sp³-hybridized carbons (Fsp3) is 0.476. The molecule has 2 saturated heterocycles. The summed E-state index contributed by atoms with van der Waals surface area (Å²) < 4.78 is 5.46. The highest BCUT2D eigenvalue weighted by Crippen LogP contribution is 2.28. The van der Waals surface area contributed by atoms with E-state index in [1.807, 2.05) is 13.8 Å². The van der Waals surface area contributed by atoms with Crippen LogP contribution in [0.15, 0.2) is 30.8 Å². The van der Waals surface area contributed by atoms with Gasteiger partial charge >= 0.3 is 0 Å². The normalized spacial score (nSPS) is 22.6. The monoisotopic (exact) mass is 370 g/mol. The van der Waals surface area contributed by atoms with Gasteiger partial charge in [-0.25, -0.2) is 0 Å². The molecule has 0 radical (unpaired) electrons. The molecule has 2 unspecified atom stereocenters. The van der Waals surface area contributed by atoms with Crippen LogP contribution in [0.25, 0.3) is 6.08 Å². The van der Waals surface area contributed by atoms with E-state index in [2.05, 4.69) is 11.9 Å². The van der Waals surface area contributed by atoms with Gasteiger partial charge in [0.25, 0.3) is 5.91 Å². The van der Waals surface area contributed by atoms with E-state index < -0.39 is 12.1 Å². The lowest BCUT2D eigenvalue weighted by Gasteiger charge is -2.28. The number of nitrogens with one attached hydrogen (secondary N) is 1. The summed E-state index contributed by atoms with van der Waals surface area (Å²) in [5.41, 5.74) is 1.41. The number of hydrogen-bond donors (Lipinski definition) is 1. The third kappa shape index (κ3) is 4.11. The number of fused-ring (bicyclic) bond motifs is 1. The molecular weight excluding hydrogens is 344 g/mol. The van der Waals surface area contributed by atoms with Crippen LogP contribution in [-0.2, 0) is 14.3 Å². The number of Topliss-reactive ketones (excluding diaryl/α,β-unsaturated/α-hetero) is 1. The molecule has 1 N–H and O–H groups in total. The van der Waals surface area contributed by atoms with Gasteiger partial charge in [0.1, 0.15) is 18.7 Å². The van der Waals surface area contributed by atoms with Gasteiger partial charge in [-0.05, 0) is 36.5 Å². The van der Waals surface area contributed by atoms with E-state index in [1.54, 1.807) is 35.2 Å². The maximum atomic E-state index is 13.1. The Morgan fingerprint density at radius 1 is 1.33 bits per heavy atom. The fourth-order valence-corrected chi connectivity index (χ4v) is 3.75. The maximum absolute atomic E-state index is 13.1. The first-order valence-electron chi connectivity index (χ1n) is 9.39. The molecule has 2 fully saturated rings. The molecular formula is C21H26N2O4. The van der Waals surface area contributed by atoms with E-state index in [1.165, 1.54) is 0 Å². The minimum Gasteiger partial charge on any atom is -0.368 e. The topological polar surface area (TPSA) is 75.7 Å². The van der Waals surface area contributed by atoms with Gasteiger partial charge in [0.15, 0.2) is 5.78 Å². The van der Waals surface area contributed by atoms with Crippen LogP contribution in [0.5, 0.6) is 0 Å². The van der Waals surface area contributed by atoms with Crippen LogP contribution < -0.4 is 5.32 Å². The van der Waals surface area contributed by atoms with Crippen LogP contribution in [0, 0.1) is 5.92 Å². The number of amides is 2. The Bertz CT molecular complexity index is 741. The Kier molecular flexibility index (Phi) is 5.75. The van der Waals surface area contributed by atoms with Crippen LogP contribution >= 0.6 is 0 Å². The average molecular weight is 370 g/mol. The molecule has 1 aromatic rings. The van der Waals surface area contributed by atoms with Gasteiger partial charge < -0.3 is 15.0 Å². The highest BCUT2D eigenvalue weighted by atomic mass is 16.5. The summed E-state index contributed by atoms with van der Waals surface area (Å²) in [4.78, 5) is 39.5.